The lowest BCUT2D eigenvalue weighted by Crippen LogP contribution is -1.78. The maximum atomic E-state index is 9.00. The van der Waals surface area contributed by atoms with E-state index in [-0.39, 0.29) is 0 Å². The third-order valence-electron chi connectivity index (χ3n) is 0.448. The maximum absolute atomic E-state index is 9.00. The molecule has 0 aliphatic heterocycles. The maximum Gasteiger partial charge on any atom is 0.300 e. The van der Waals surface area contributed by atoms with E-state index in [1.54, 1.807) is 5.38 Å². The molecule has 0 aliphatic carbocycles. The van der Waals surface area contributed by atoms with Gasteiger partial charge in [0.15, 0.2) is 4.47 Å². The van der Waals surface area contributed by atoms with Crippen molar-refractivity contribution in [3.05, 3.63) is 15.0 Å². The molecule has 6 heteroatoms. The normalized spacial score (nSPS) is 8.27. The van der Waals surface area contributed by atoms with Crippen molar-refractivity contribution in [3.8, 4) is 0 Å². The van der Waals surface area contributed by atoms with Gasteiger partial charge in [-0.15, -0.1) is 11.3 Å². The lowest BCUT2D eigenvalue weighted by Gasteiger charge is -1.66. The summed E-state index contributed by atoms with van der Waals surface area (Å²) in [6.07, 6.45) is 0. The Hall–Kier alpha value is -0.320. The van der Waals surface area contributed by atoms with Gasteiger partial charge in [0, 0.05) is 12.3 Å². The first-order valence-electron chi connectivity index (χ1n) is 2.48. The summed E-state index contributed by atoms with van der Waals surface area (Å²) in [6, 6.07) is 0. The highest BCUT2D eigenvalue weighted by Gasteiger charge is 1.90. The van der Waals surface area contributed by atoms with E-state index in [0.717, 1.165) is 6.92 Å². The van der Waals surface area contributed by atoms with E-state index in [0.29, 0.717) is 9.62 Å². The molecular formula is C5H5Cl2NO2S. The number of aliphatic carboxylic acids is 1. The summed E-state index contributed by atoms with van der Waals surface area (Å²) in [5, 5.41) is 9.57. The van der Waals surface area contributed by atoms with Crippen LogP contribution in [0.5, 0.6) is 0 Å². The molecule has 0 aliphatic rings. The molecule has 0 spiro atoms. The van der Waals surface area contributed by atoms with Crippen molar-refractivity contribution in [1.82, 2.24) is 4.98 Å². The molecule has 1 N–H and O–H groups in total. The number of carbonyl (C=O) groups is 1. The first-order chi connectivity index (χ1) is 5.02. The zero-order valence-electron chi connectivity index (χ0n) is 5.54. The van der Waals surface area contributed by atoms with Crippen LogP contribution in [0.15, 0.2) is 5.38 Å². The van der Waals surface area contributed by atoms with E-state index < -0.39 is 5.97 Å². The molecule has 11 heavy (non-hydrogen) atoms. The van der Waals surface area contributed by atoms with Gasteiger partial charge in [-0.3, -0.25) is 4.79 Å². The minimum Gasteiger partial charge on any atom is -0.481 e. The molecule has 1 aromatic heterocycles. The molecule has 0 bridgehead atoms. The summed E-state index contributed by atoms with van der Waals surface area (Å²) in [5.74, 6) is -0.833. The minimum absolute atomic E-state index is 0.468. The second-order valence-electron chi connectivity index (χ2n) is 1.44. The summed E-state index contributed by atoms with van der Waals surface area (Å²) in [5.41, 5.74) is 0. The van der Waals surface area contributed by atoms with Crippen LogP contribution >= 0.6 is 34.5 Å². The molecule has 0 saturated carbocycles. The predicted molar refractivity (Wildman–Crippen MR) is 45.4 cm³/mol. The van der Waals surface area contributed by atoms with E-state index in [2.05, 4.69) is 4.98 Å². The number of aromatic nitrogens is 1. The van der Waals surface area contributed by atoms with E-state index in [1.807, 2.05) is 0 Å². The van der Waals surface area contributed by atoms with Crippen molar-refractivity contribution in [3.63, 3.8) is 0 Å². The van der Waals surface area contributed by atoms with Gasteiger partial charge in [0.2, 0.25) is 0 Å². The van der Waals surface area contributed by atoms with Gasteiger partial charge in [0.05, 0.1) is 0 Å². The molecule has 0 fully saturated rings. The Labute approximate surface area is 77.6 Å². The summed E-state index contributed by atoms with van der Waals surface area (Å²) in [7, 11) is 0. The minimum atomic E-state index is -0.833. The number of nitrogens with zero attached hydrogens (tertiary/aromatic N) is 1. The number of rotatable bonds is 0. The summed E-state index contributed by atoms with van der Waals surface area (Å²) in [4.78, 5) is 12.7. The highest BCUT2D eigenvalue weighted by Crippen LogP contribution is 2.17. The molecule has 0 radical (unpaired) electrons. The fraction of sp³-hybridized carbons (Fsp3) is 0.200. The molecule has 0 amide bonds. The Kier molecular flexibility index (Phi) is 5.19. The number of carboxylic acid groups (broad SMARTS) is 1. The Morgan fingerprint density at radius 3 is 2.27 bits per heavy atom. The molecule has 0 unspecified atom stereocenters. The van der Waals surface area contributed by atoms with Crippen LogP contribution < -0.4 is 0 Å². The SMILES string of the molecule is CC(=O)O.Clc1csc(Cl)n1. The highest BCUT2D eigenvalue weighted by molar-refractivity contribution is 7.14. The second kappa shape index (κ2) is 5.35. The van der Waals surface area contributed by atoms with Crippen LogP contribution in [-0.4, -0.2) is 16.1 Å². The first-order valence-corrected chi connectivity index (χ1v) is 4.12. The van der Waals surface area contributed by atoms with E-state index in [4.69, 9.17) is 33.1 Å². The number of carboxylic acids is 1. The number of halogens is 2. The van der Waals surface area contributed by atoms with Crippen LogP contribution in [0.1, 0.15) is 6.92 Å². The van der Waals surface area contributed by atoms with Gasteiger partial charge in [-0.2, -0.15) is 0 Å². The first kappa shape index (κ1) is 10.7. The molecule has 0 atom stereocenters. The Bertz CT molecular complexity index is 218. The van der Waals surface area contributed by atoms with Crippen molar-refractivity contribution < 1.29 is 9.90 Å². The third kappa shape index (κ3) is 7.58. The van der Waals surface area contributed by atoms with E-state index >= 15 is 0 Å². The smallest absolute Gasteiger partial charge is 0.300 e. The summed E-state index contributed by atoms with van der Waals surface area (Å²) >= 11 is 12.1. The topological polar surface area (TPSA) is 50.2 Å². The zero-order chi connectivity index (χ0) is 8.85. The van der Waals surface area contributed by atoms with Crippen molar-refractivity contribution >= 4 is 40.5 Å². The van der Waals surface area contributed by atoms with Gasteiger partial charge in [-0.25, -0.2) is 4.98 Å². The fourth-order valence-corrected chi connectivity index (χ4v) is 1.17. The molecule has 62 valence electrons. The van der Waals surface area contributed by atoms with Gasteiger partial charge in [-0.05, 0) is 0 Å². The molecule has 1 heterocycles. The molecule has 1 aromatic rings. The van der Waals surface area contributed by atoms with Crippen molar-refractivity contribution in [2.24, 2.45) is 0 Å². The van der Waals surface area contributed by atoms with Gasteiger partial charge < -0.3 is 5.11 Å². The fourth-order valence-electron chi connectivity index (χ4n) is 0.234. The number of hydrogen-bond acceptors (Lipinski definition) is 3. The standard InChI is InChI=1S/C3HCl2NS.C2H4O2/c4-2-1-7-3(5)6-2;1-2(3)4/h1H;1H3,(H,3,4). The van der Waals surface area contributed by atoms with Gasteiger partial charge in [0.25, 0.3) is 5.97 Å². The Morgan fingerprint density at radius 1 is 1.73 bits per heavy atom. The van der Waals surface area contributed by atoms with Gasteiger partial charge >= 0.3 is 0 Å². The predicted octanol–water partition coefficient (Wildman–Crippen LogP) is 2.54. The lowest BCUT2D eigenvalue weighted by molar-refractivity contribution is -0.134. The Morgan fingerprint density at radius 2 is 2.18 bits per heavy atom. The van der Waals surface area contributed by atoms with Crippen LogP contribution in [0.3, 0.4) is 0 Å². The summed E-state index contributed by atoms with van der Waals surface area (Å²) < 4.78 is 0.491. The largest absolute Gasteiger partial charge is 0.481 e. The van der Waals surface area contributed by atoms with Crippen molar-refractivity contribution in [1.29, 1.82) is 0 Å². The third-order valence-corrected chi connectivity index (χ3v) is 1.75. The van der Waals surface area contributed by atoms with E-state index in [9.17, 15) is 0 Å². The zero-order valence-corrected chi connectivity index (χ0v) is 7.87. The summed E-state index contributed by atoms with van der Waals surface area (Å²) in [6.45, 7) is 1.08. The highest BCUT2D eigenvalue weighted by atomic mass is 35.5. The van der Waals surface area contributed by atoms with Crippen LogP contribution in [-0.2, 0) is 4.79 Å². The number of hydrogen-bond donors (Lipinski definition) is 1. The second-order valence-corrected chi connectivity index (χ2v) is 3.27. The van der Waals surface area contributed by atoms with Crippen LogP contribution in [0.2, 0.25) is 9.62 Å². The van der Waals surface area contributed by atoms with Crippen molar-refractivity contribution in [2.45, 2.75) is 6.92 Å². The Balaban J connectivity index is 0.000000218. The van der Waals surface area contributed by atoms with Gasteiger partial charge in [0.1, 0.15) is 5.15 Å². The quantitative estimate of drug-likeness (QED) is 0.721. The average Bonchev–Trinajstić information content (AvgIpc) is 2.13. The molecular weight excluding hydrogens is 209 g/mol. The monoisotopic (exact) mass is 213 g/mol. The van der Waals surface area contributed by atoms with Crippen LogP contribution in [0.4, 0.5) is 0 Å². The molecule has 0 aromatic carbocycles. The van der Waals surface area contributed by atoms with Gasteiger partial charge in [-0.1, -0.05) is 23.2 Å². The van der Waals surface area contributed by atoms with E-state index in [1.165, 1.54) is 11.3 Å². The molecule has 3 nitrogen and oxygen atoms in total. The average molecular weight is 214 g/mol. The molecule has 1 rings (SSSR count). The van der Waals surface area contributed by atoms with Crippen LogP contribution in [0, 0.1) is 0 Å². The lowest BCUT2D eigenvalue weighted by atomic mass is 10.9. The van der Waals surface area contributed by atoms with Crippen molar-refractivity contribution in [2.75, 3.05) is 0 Å². The van der Waals surface area contributed by atoms with Crippen LogP contribution in [0.25, 0.3) is 0 Å². The number of thiazole rings is 1. The molecule has 0 saturated heterocycles.